The minimum Gasteiger partial charge on any atom is -0.354 e. The molecule has 0 saturated heterocycles. The van der Waals surface area contributed by atoms with Crippen LogP contribution in [0.15, 0.2) is 35.3 Å². The van der Waals surface area contributed by atoms with Crippen molar-refractivity contribution in [2.45, 2.75) is 32.7 Å². The monoisotopic (exact) mass is 326 g/mol. The molecule has 6 heteroatoms. The van der Waals surface area contributed by atoms with Crippen molar-refractivity contribution in [2.75, 3.05) is 6.54 Å². The number of hydrogen-bond donors (Lipinski definition) is 1. The lowest BCUT2D eigenvalue weighted by atomic mass is 10.2. The zero-order chi connectivity index (χ0) is 17.3. The molecule has 2 aromatic heterocycles. The maximum atomic E-state index is 12.7. The van der Waals surface area contributed by atoms with Gasteiger partial charge in [0.2, 0.25) is 5.91 Å². The maximum absolute atomic E-state index is 12.7. The van der Waals surface area contributed by atoms with Crippen LogP contribution in [-0.2, 0) is 11.8 Å². The number of rotatable bonds is 5. The van der Waals surface area contributed by atoms with Crippen LogP contribution in [0.1, 0.15) is 32.7 Å². The van der Waals surface area contributed by atoms with E-state index in [-0.39, 0.29) is 11.5 Å². The number of aromatic nitrogens is 3. The smallest absolute Gasteiger partial charge is 0.291 e. The van der Waals surface area contributed by atoms with E-state index in [9.17, 15) is 9.59 Å². The predicted octanol–water partition coefficient (Wildman–Crippen LogP) is 2.37. The first-order valence-electron chi connectivity index (χ1n) is 8.29. The van der Waals surface area contributed by atoms with E-state index < -0.39 is 6.04 Å². The van der Waals surface area contributed by atoms with Gasteiger partial charge in [-0.2, -0.15) is 5.10 Å². The summed E-state index contributed by atoms with van der Waals surface area (Å²) < 4.78 is 3.13. The Morgan fingerprint density at radius 3 is 2.79 bits per heavy atom. The standard InChI is InChI=1S/C18H22N4O2/c1-4-5-10-19-17(23)12(2)22-15-9-7-6-8-13(15)14-11-20-21(3)18(24)16(14)22/h6-9,11-12H,4-5,10H2,1-3H3,(H,19,23). The highest BCUT2D eigenvalue weighted by molar-refractivity contribution is 6.08. The van der Waals surface area contributed by atoms with Gasteiger partial charge in [0.1, 0.15) is 11.6 Å². The molecule has 1 atom stereocenters. The second-order valence-corrected chi connectivity index (χ2v) is 6.04. The number of nitrogens with one attached hydrogen (secondary N) is 1. The van der Waals surface area contributed by atoms with Gasteiger partial charge in [-0.1, -0.05) is 31.5 Å². The lowest BCUT2D eigenvalue weighted by Crippen LogP contribution is -2.33. The second kappa shape index (κ2) is 6.47. The van der Waals surface area contributed by atoms with E-state index in [1.54, 1.807) is 13.2 Å². The van der Waals surface area contributed by atoms with Crippen molar-refractivity contribution in [3.05, 3.63) is 40.8 Å². The molecule has 126 valence electrons. The van der Waals surface area contributed by atoms with Crippen LogP contribution in [0, 0.1) is 0 Å². The fourth-order valence-corrected chi connectivity index (χ4v) is 3.04. The Labute approximate surface area is 140 Å². The molecule has 0 spiro atoms. The van der Waals surface area contributed by atoms with Gasteiger partial charge >= 0.3 is 0 Å². The summed E-state index contributed by atoms with van der Waals surface area (Å²) in [4.78, 5) is 25.2. The Kier molecular flexibility index (Phi) is 4.38. The third-order valence-corrected chi connectivity index (χ3v) is 4.40. The number of amides is 1. The van der Waals surface area contributed by atoms with Gasteiger partial charge in [-0.3, -0.25) is 9.59 Å². The number of benzene rings is 1. The van der Waals surface area contributed by atoms with Gasteiger partial charge in [-0.15, -0.1) is 0 Å². The Morgan fingerprint density at radius 1 is 1.29 bits per heavy atom. The highest BCUT2D eigenvalue weighted by atomic mass is 16.2. The molecule has 24 heavy (non-hydrogen) atoms. The van der Waals surface area contributed by atoms with Crippen molar-refractivity contribution in [1.29, 1.82) is 0 Å². The van der Waals surface area contributed by atoms with Crippen LogP contribution >= 0.6 is 0 Å². The number of hydrogen-bond acceptors (Lipinski definition) is 3. The fourth-order valence-electron chi connectivity index (χ4n) is 3.04. The molecule has 1 amide bonds. The van der Waals surface area contributed by atoms with Crippen LogP contribution in [0.2, 0.25) is 0 Å². The summed E-state index contributed by atoms with van der Waals surface area (Å²) in [5.41, 5.74) is 1.19. The number of para-hydroxylation sites is 1. The van der Waals surface area contributed by atoms with E-state index in [1.165, 1.54) is 4.68 Å². The van der Waals surface area contributed by atoms with Gasteiger partial charge in [0.25, 0.3) is 5.56 Å². The van der Waals surface area contributed by atoms with Gasteiger partial charge < -0.3 is 9.88 Å². The summed E-state index contributed by atoms with van der Waals surface area (Å²) in [6.45, 7) is 4.56. The van der Waals surface area contributed by atoms with Crippen molar-refractivity contribution in [2.24, 2.45) is 7.05 Å². The number of carbonyl (C=O) groups excluding carboxylic acids is 1. The van der Waals surface area contributed by atoms with E-state index in [0.717, 1.165) is 29.1 Å². The van der Waals surface area contributed by atoms with Crippen LogP contribution in [0.4, 0.5) is 0 Å². The molecule has 0 radical (unpaired) electrons. The summed E-state index contributed by atoms with van der Waals surface area (Å²) >= 11 is 0. The minimum absolute atomic E-state index is 0.0787. The highest BCUT2D eigenvalue weighted by Crippen LogP contribution is 2.29. The molecular formula is C18H22N4O2. The molecular weight excluding hydrogens is 304 g/mol. The zero-order valence-corrected chi connectivity index (χ0v) is 14.2. The number of fused-ring (bicyclic) bond motifs is 3. The Balaban J connectivity index is 2.19. The molecule has 0 aliphatic carbocycles. The normalized spacial score (nSPS) is 12.6. The molecule has 1 N–H and O–H groups in total. The summed E-state index contributed by atoms with van der Waals surface area (Å²) in [5.74, 6) is -0.0787. The summed E-state index contributed by atoms with van der Waals surface area (Å²) in [7, 11) is 1.62. The fraction of sp³-hybridized carbons (Fsp3) is 0.389. The molecule has 1 aromatic carbocycles. The number of unbranched alkanes of at least 4 members (excludes halogenated alkanes) is 1. The SMILES string of the molecule is CCCCNC(=O)C(C)n1c2ccccc2c2cnn(C)c(=O)c21. The van der Waals surface area contributed by atoms with Gasteiger partial charge in [0, 0.05) is 24.4 Å². The highest BCUT2D eigenvalue weighted by Gasteiger charge is 2.22. The van der Waals surface area contributed by atoms with Crippen molar-refractivity contribution in [3.63, 3.8) is 0 Å². The van der Waals surface area contributed by atoms with Gasteiger partial charge in [-0.05, 0) is 19.4 Å². The number of carbonyl (C=O) groups is 1. The van der Waals surface area contributed by atoms with E-state index in [4.69, 9.17) is 0 Å². The van der Waals surface area contributed by atoms with Crippen molar-refractivity contribution in [1.82, 2.24) is 19.7 Å². The average Bonchev–Trinajstić information content (AvgIpc) is 2.92. The Hall–Kier alpha value is -2.63. The predicted molar refractivity (Wildman–Crippen MR) is 95.1 cm³/mol. The molecule has 2 heterocycles. The first kappa shape index (κ1) is 16.2. The molecule has 3 aromatic rings. The molecule has 0 bridgehead atoms. The van der Waals surface area contributed by atoms with E-state index in [1.807, 2.05) is 35.8 Å². The van der Waals surface area contributed by atoms with Crippen LogP contribution < -0.4 is 10.9 Å². The third kappa shape index (κ3) is 2.58. The molecule has 1 unspecified atom stereocenters. The lowest BCUT2D eigenvalue weighted by Gasteiger charge is -2.16. The van der Waals surface area contributed by atoms with Crippen molar-refractivity contribution < 1.29 is 4.79 Å². The summed E-state index contributed by atoms with van der Waals surface area (Å²) in [6.07, 6.45) is 3.66. The molecule has 0 aliphatic heterocycles. The number of nitrogens with zero attached hydrogens (tertiary/aromatic N) is 3. The van der Waals surface area contributed by atoms with Gasteiger partial charge in [-0.25, -0.2) is 4.68 Å². The van der Waals surface area contributed by atoms with Crippen LogP contribution in [0.5, 0.6) is 0 Å². The average molecular weight is 326 g/mol. The van der Waals surface area contributed by atoms with Crippen LogP contribution in [0.25, 0.3) is 21.8 Å². The maximum Gasteiger partial charge on any atom is 0.291 e. The van der Waals surface area contributed by atoms with Crippen molar-refractivity contribution >= 4 is 27.7 Å². The van der Waals surface area contributed by atoms with E-state index in [0.29, 0.717) is 12.1 Å². The van der Waals surface area contributed by atoms with E-state index in [2.05, 4.69) is 17.3 Å². The quantitative estimate of drug-likeness (QED) is 0.732. The van der Waals surface area contributed by atoms with Gasteiger partial charge in [0.05, 0.1) is 11.7 Å². The van der Waals surface area contributed by atoms with Crippen LogP contribution in [0.3, 0.4) is 0 Å². The topological polar surface area (TPSA) is 68.9 Å². The third-order valence-electron chi connectivity index (χ3n) is 4.40. The molecule has 0 fully saturated rings. The first-order chi connectivity index (χ1) is 11.6. The number of aryl methyl sites for hydroxylation is 1. The molecule has 0 aliphatic rings. The second-order valence-electron chi connectivity index (χ2n) is 6.04. The summed E-state index contributed by atoms with van der Waals surface area (Å²) in [6, 6.07) is 7.26. The first-order valence-corrected chi connectivity index (χ1v) is 8.29. The Morgan fingerprint density at radius 2 is 2.04 bits per heavy atom. The van der Waals surface area contributed by atoms with Gasteiger partial charge in [0.15, 0.2) is 0 Å². The minimum atomic E-state index is -0.473. The largest absolute Gasteiger partial charge is 0.354 e. The van der Waals surface area contributed by atoms with E-state index >= 15 is 0 Å². The van der Waals surface area contributed by atoms with Crippen molar-refractivity contribution in [3.8, 4) is 0 Å². The molecule has 6 nitrogen and oxygen atoms in total. The zero-order valence-electron chi connectivity index (χ0n) is 14.2. The molecule has 3 rings (SSSR count). The lowest BCUT2D eigenvalue weighted by molar-refractivity contribution is -0.123. The van der Waals surface area contributed by atoms with Crippen LogP contribution in [-0.4, -0.2) is 26.8 Å². The Bertz CT molecular complexity index is 955. The summed E-state index contributed by atoms with van der Waals surface area (Å²) in [5, 5.41) is 8.79. The molecule has 0 saturated carbocycles.